The summed E-state index contributed by atoms with van der Waals surface area (Å²) in [6, 6.07) is 8.00. The molecule has 20 heavy (non-hydrogen) atoms. The summed E-state index contributed by atoms with van der Waals surface area (Å²) in [5, 5.41) is 9.68. The van der Waals surface area contributed by atoms with E-state index in [4.69, 9.17) is 4.74 Å². The van der Waals surface area contributed by atoms with E-state index in [1.165, 1.54) is 0 Å². The van der Waals surface area contributed by atoms with Crippen LogP contribution in [0.4, 0.5) is 0 Å². The molecule has 1 aromatic carbocycles. The van der Waals surface area contributed by atoms with Crippen LogP contribution in [-0.2, 0) is 0 Å². The minimum atomic E-state index is -0.175. The van der Waals surface area contributed by atoms with Crippen LogP contribution < -0.4 is 4.74 Å². The summed E-state index contributed by atoms with van der Waals surface area (Å²) in [6.07, 6.45) is 2.98. The molecule has 1 heterocycles. The second-order valence-electron chi connectivity index (χ2n) is 5.57. The van der Waals surface area contributed by atoms with Crippen LogP contribution in [0.15, 0.2) is 28.7 Å². The van der Waals surface area contributed by atoms with E-state index in [9.17, 15) is 5.11 Å². The summed E-state index contributed by atoms with van der Waals surface area (Å²) in [4.78, 5) is 2.37. The molecule has 0 spiro atoms. The van der Waals surface area contributed by atoms with Gasteiger partial charge in [-0.3, -0.25) is 0 Å². The zero-order chi connectivity index (χ0) is 14.4. The number of halogens is 1. The zero-order valence-corrected chi connectivity index (χ0v) is 13.7. The van der Waals surface area contributed by atoms with Crippen LogP contribution in [0.1, 0.15) is 26.2 Å². The molecule has 1 atom stereocenters. The van der Waals surface area contributed by atoms with Crippen LogP contribution in [0.3, 0.4) is 0 Å². The molecule has 112 valence electrons. The second kappa shape index (κ2) is 8.01. The first-order valence-corrected chi connectivity index (χ1v) is 8.25. The monoisotopic (exact) mass is 341 g/mol. The van der Waals surface area contributed by atoms with Crippen LogP contribution >= 0.6 is 15.9 Å². The molecule has 0 bridgehead atoms. The Bertz CT molecular complexity index is 388. The standard InChI is InChI=1S/C16H24BrNO2/c1-2-15(19)11-18-9-7-13(8-10-18)12-20-16-5-3-14(17)4-6-16/h3-6,13,15,19H,2,7-12H2,1H3. The molecule has 0 aliphatic carbocycles. The number of piperidine rings is 1. The van der Waals surface area contributed by atoms with E-state index in [2.05, 4.69) is 20.8 Å². The maximum atomic E-state index is 9.68. The number of hydrogen-bond donors (Lipinski definition) is 1. The molecule has 1 unspecified atom stereocenters. The third-order valence-corrected chi connectivity index (χ3v) is 4.48. The molecule has 1 fully saturated rings. The average Bonchev–Trinajstić information content (AvgIpc) is 2.48. The molecule has 2 rings (SSSR count). The number of aliphatic hydroxyl groups is 1. The quantitative estimate of drug-likeness (QED) is 0.861. The number of nitrogens with zero attached hydrogens (tertiary/aromatic N) is 1. The topological polar surface area (TPSA) is 32.7 Å². The normalized spacial score (nSPS) is 18.9. The van der Waals surface area contributed by atoms with Gasteiger partial charge in [0.05, 0.1) is 12.7 Å². The predicted octanol–water partition coefficient (Wildman–Crippen LogP) is 3.31. The van der Waals surface area contributed by atoms with Crippen molar-refractivity contribution in [1.82, 2.24) is 4.90 Å². The molecule has 0 saturated carbocycles. The van der Waals surface area contributed by atoms with Gasteiger partial charge in [0.1, 0.15) is 5.75 Å². The third kappa shape index (κ3) is 5.08. The van der Waals surface area contributed by atoms with Gasteiger partial charge in [0.15, 0.2) is 0 Å². The van der Waals surface area contributed by atoms with Crippen LogP contribution in [0.2, 0.25) is 0 Å². The Morgan fingerprint density at radius 3 is 2.55 bits per heavy atom. The first-order valence-electron chi connectivity index (χ1n) is 7.46. The van der Waals surface area contributed by atoms with E-state index < -0.39 is 0 Å². The van der Waals surface area contributed by atoms with E-state index in [0.717, 1.165) is 55.7 Å². The highest BCUT2D eigenvalue weighted by Gasteiger charge is 2.20. The highest BCUT2D eigenvalue weighted by molar-refractivity contribution is 9.10. The van der Waals surface area contributed by atoms with Gasteiger partial charge in [-0.2, -0.15) is 0 Å². The predicted molar refractivity (Wildman–Crippen MR) is 85.1 cm³/mol. The smallest absolute Gasteiger partial charge is 0.119 e. The molecule has 1 aliphatic heterocycles. The first kappa shape index (κ1) is 15.8. The maximum absolute atomic E-state index is 9.68. The van der Waals surface area contributed by atoms with Crippen molar-refractivity contribution in [3.05, 3.63) is 28.7 Å². The Labute approximate surface area is 130 Å². The zero-order valence-electron chi connectivity index (χ0n) is 12.1. The van der Waals surface area contributed by atoms with Crippen molar-refractivity contribution < 1.29 is 9.84 Å². The third-order valence-electron chi connectivity index (χ3n) is 3.95. The summed E-state index contributed by atoms with van der Waals surface area (Å²) in [5.74, 6) is 1.57. The summed E-state index contributed by atoms with van der Waals surface area (Å²) < 4.78 is 6.93. The van der Waals surface area contributed by atoms with Crippen molar-refractivity contribution in [3.8, 4) is 5.75 Å². The van der Waals surface area contributed by atoms with Gasteiger partial charge >= 0.3 is 0 Å². The molecule has 0 radical (unpaired) electrons. The Balaban J connectivity index is 1.68. The van der Waals surface area contributed by atoms with Crippen molar-refractivity contribution in [2.75, 3.05) is 26.2 Å². The molecule has 1 aliphatic rings. The number of benzene rings is 1. The number of aliphatic hydroxyl groups excluding tert-OH is 1. The van der Waals surface area contributed by atoms with Gasteiger partial charge in [-0.05, 0) is 62.5 Å². The lowest BCUT2D eigenvalue weighted by Gasteiger charge is -2.32. The summed E-state index contributed by atoms with van der Waals surface area (Å²) in [6.45, 7) is 5.79. The lowest BCUT2D eigenvalue weighted by Crippen LogP contribution is -2.39. The Morgan fingerprint density at radius 1 is 1.30 bits per heavy atom. The number of likely N-dealkylation sites (tertiary alicyclic amines) is 1. The van der Waals surface area contributed by atoms with Gasteiger partial charge < -0.3 is 14.7 Å². The number of β-amino-alcohol motifs (C(OH)–C–C–N with tert-alkyl or cyclic N) is 1. The van der Waals surface area contributed by atoms with Crippen LogP contribution in [0.5, 0.6) is 5.75 Å². The van der Waals surface area contributed by atoms with Crippen LogP contribution in [0.25, 0.3) is 0 Å². The lowest BCUT2D eigenvalue weighted by molar-refractivity contribution is 0.0775. The van der Waals surface area contributed by atoms with Crippen molar-refractivity contribution in [3.63, 3.8) is 0 Å². The Morgan fingerprint density at radius 2 is 1.95 bits per heavy atom. The molecule has 0 amide bonds. The van der Waals surface area contributed by atoms with Crippen molar-refractivity contribution >= 4 is 15.9 Å². The summed E-state index contributed by atoms with van der Waals surface area (Å²) in [7, 11) is 0. The summed E-state index contributed by atoms with van der Waals surface area (Å²) in [5.41, 5.74) is 0. The molecule has 1 N–H and O–H groups in total. The fourth-order valence-electron chi connectivity index (χ4n) is 2.51. The lowest BCUT2D eigenvalue weighted by atomic mass is 9.97. The van der Waals surface area contributed by atoms with E-state index in [0.29, 0.717) is 5.92 Å². The van der Waals surface area contributed by atoms with Gasteiger partial charge in [0.25, 0.3) is 0 Å². The molecule has 4 heteroatoms. The number of hydrogen-bond acceptors (Lipinski definition) is 3. The van der Waals surface area contributed by atoms with Crippen molar-refractivity contribution in [1.29, 1.82) is 0 Å². The average molecular weight is 342 g/mol. The van der Waals surface area contributed by atoms with E-state index in [-0.39, 0.29) is 6.10 Å². The molecule has 1 saturated heterocycles. The highest BCUT2D eigenvalue weighted by Crippen LogP contribution is 2.21. The molecule has 0 aromatic heterocycles. The largest absolute Gasteiger partial charge is 0.493 e. The minimum Gasteiger partial charge on any atom is -0.493 e. The molecule has 3 nitrogen and oxygen atoms in total. The summed E-state index contributed by atoms with van der Waals surface area (Å²) >= 11 is 3.42. The number of rotatable bonds is 6. The van der Waals surface area contributed by atoms with Crippen molar-refractivity contribution in [2.45, 2.75) is 32.3 Å². The first-order chi connectivity index (χ1) is 9.67. The van der Waals surface area contributed by atoms with Crippen LogP contribution in [-0.4, -0.2) is 42.4 Å². The Hall–Kier alpha value is -0.580. The molecular weight excluding hydrogens is 318 g/mol. The van der Waals surface area contributed by atoms with E-state index >= 15 is 0 Å². The van der Waals surface area contributed by atoms with Gasteiger partial charge in [-0.1, -0.05) is 22.9 Å². The van der Waals surface area contributed by atoms with Crippen molar-refractivity contribution in [2.24, 2.45) is 5.92 Å². The number of ether oxygens (including phenoxy) is 1. The van der Waals surface area contributed by atoms with Gasteiger partial charge in [-0.15, -0.1) is 0 Å². The molecule has 1 aromatic rings. The maximum Gasteiger partial charge on any atom is 0.119 e. The van der Waals surface area contributed by atoms with E-state index in [1.54, 1.807) is 0 Å². The van der Waals surface area contributed by atoms with Gasteiger partial charge in [0.2, 0.25) is 0 Å². The van der Waals surface area contributed by atoms with Gasteiger partial charge in [-0.25, -0.2) is 0 Å². The second-order valence-corrected chi connectivity index (χ2v) is 6.49. The fourth-order valence-corrected chi connectivity index (χ4v) is 2.77. The SMILES string of the molecule is CCC(O)CN1CCC(COc2ccc(Br)cc2)CC1. The Kier molecular flexibility index (Phi) is 6.33. The minimum absolute atomic E-state index is 0.175. The fraction of sp³-hybridized carbons (Fsp3) is 0.625. The van der Waals surface area contributed by atoms with E-state index in [1.807, 2.05) is 31.2 Å². The van der Waals surface area contributed by atoms with Crippen LogP contribution in [0, 0.1) is 5.92 Å². The highest BCUT2D eigenvalue weighted by atomic mass is 79.9. The molecular formula is C16H24BrNO2. The van der Waals surface area contributed by atoms with Gasteiger partial charge in [0, 0.05) is 11.0 Å².